The molecule has 2 heterocycles. The summed E-state index contributed by atoms with van der Waals surface area (Å²) < 4.78 is 5.02. The lowest BCUT2D eigenvalue weighted by Gasteiger charge is -2.40. The van der Waals surface area contributed by atoms with Crippen molar-refractivity contribution < 1.29 is 14.3 Å². The summed E-state index contributed by atoms with van der Waals surface area (Å²) in [5.41, 5.74) is 0.711. The molecule has 0 bridgehead atoms. The van der Waals surface area contributed by atoms with Gasteiger partial charge in [0.25, 0.3) is 0 Å². The number of aliphatic imine (C=N–C) groups is 1. The van der Waals surface area contributed by atoms with E-state index in [1.807, 2.05) is 24.3 Å². The molecule has 6 nitrogen and oxygen atoms in total. The number of hydrogen-bond donors (Lipinski definition) is 0. The van der Waals surface area contributed by atoms with E-state index in [4.69, 9.17) is 17.0 Å². The Morgan fingerprint density at radius 3 is 2.83 bits per heavy atom. The minimum Gasteiger partial charge on any atom is -0.450 e. The molecule has 0 spiro atoms. The van der Waals surface area contributed by atoms with Gasteiger partial charge in [0.15, 0.2) is 0 Å². The molecule has 23 heavy (non-hydrogen) atoms. The number of rotatable bonds is 2. The van der Waals surface area contributed by atoms with Crippen LogP contribution >= 0.6 is 12.2 Å². The van der Waals surface area contributed by atoms with Crippen molar-refractivity contribution in [3.8, 4) is 0 Å². The Bertz CT molecular complexity index is 618. The minimum absolute atomic E-state index is 0.00900. The molecule has 0 aromatic carbocycles. The normalized spacial score (nSPS) is 24.6. The van der Waals surface area contributed by atoms with E-state index in [2.05, 4.69) is 4.99 Å². The molecule has 1 fully saturated rings. The Balaban J connectivity index is 1.69. The van der Waals surface area contributed by atoms with Crippen LogP contribution in [0.4, 0.5) is 4.79 Å². The molecule has 1 aliphatic carbocycles. The van der Waals surface area contributed by atoms with Crippen molar-refractivity contribution in [2.45, 2.75) is 25.8 Å². The Labute approximate surface area is 140 Å². The molecule has 0 aromatic rings. The van der Waals surface area contributed by atoms with Crippen LogP contribution in [0.3, 0.4) is 0 Å². The maximum absolute atomic E-state index is 12.8. The lowest BCUT2D eigenvalue weighted by Crippen LogP contribution is -2.54. The van der Waals surface area contributed by atoms with Crippen molar-refractivity contribution in [2.75, 3.05) is 19.7 Å². The average Bonchev–Trinajstić information content (AvgIpc) is 2.56. The maximum atomic E-state index is 12.8. The van der Waals surface area contributed by atoms with Crippen LogP contribution in [0.25, 0.3) is 0 Å². The summed E-state index contributed by atoms with van der Waals surface area (Å²) in [5.74, 6) is -0.357. The number of allylic oxidation sites excluding steroid dienone is 3. The number of likely N-dealkylation sites (tertiary alicyclic amines) is 1. The summed E-state index contributed by atoms with van der Waals surface area (Å²) >= 11 is 5.33. The SMILES string of the molecule is CCOC(=O)N1CCC(N2C(=O)C3C=CC=CC3=NC2=S)CC1. The first-order valence-electron chi connectivity index (χ1n) is 7.84. The molecule has 0 saturated carbocycles. The molecular formula is C16H19N3O3S. The van der Waals surface area contributed by atoms with Gasteiger partial charge in [-0.25, -0.2) is 9.79 Å². The Hall–Kier alpha value is -2.02. The van der Waals surface area contributed by atoms with E-state index in [-0.39, 0.29) is 24.0 Å². The average molecular weight is 333 g/mol. The molecule has 0 aromatic heterocycles. The predicted molar refractivity (Wildman–Crippen MR) is 90.3 cm³/mol. The zero-order valence-corrected chi connectivity index (χ0v) is 13.8. The number of ether oxygens (including phenoxy) is 1. The van der Waals surface area contributed by atoms with Crippen LogP contribution in [0.5, 0.6) is 0 Å². The molecule has 7 heteroatoms. The van der Waals surface area contributed by atoms with Crippen molar-refractivity contribution in [1.29, 1.82) is 0 Å². The Morgan fingerprint density at radius 1 is 1.39 bits per heavy atom. The van der Waals surface area contributed by atoms with E-state index >= 15 is 0 Å². The van der Waals surface area contributed by atoms with Crippen molar-refractivity contribution in [3.63, 3.8) is 0 Å². The summed E-state index contributed by atoms with van der Waals surface area (Å²) in [6.45, 7) is 3.28. The standard InChI is InChI=1S/C16H19N3O3S/c1-2-22-16(21)18-9-7-11(8-10-18)19-14(20)12-5-3-4-6-13(12)17-15(19)23/h3-6,11-12H,2,7-10H2,1H3. The van der Waals surface area contributed by atoms with E-state index in [1.165, 1.54) is 0 Å². The van der Waals surface area contributed by atoms with E-state index < -0.39 is 0 Å². The van der Waals surface area contributed by atoms with Crippen LogP contribution in [0.15, 0.2) is 29.3 Å². The number of fused-ring (bicyclic) bond motifs is 1. The van der Waals surface area contributed by atoms with Gasteiger partial charge in [0.2, 0.25) is 11.0 Å². The lowest BCUT2D eigenvalue weighted by atomic mass is 9.93. The second-order valence-corrected chi connectivity index (χ2v) is 6.03. The van der Waals surface area contributed by atoms with E-state index in [0.717, 1.165) is 0 Å². The molecule has 3 rings (SSSR count). The molecule has 2 amide bonds. The highest BCUT2D eigenvalue weighted by molar-refractivity contribution is 7.80. The number of carbonyl (C=O) groups is 2. The molecule has 2 aliphatic heterocycles. The molecule has 0 radical (unpaired) electrons. The second-order valence-electron chi connectivity index (χ2n) is 5.67. The first-order valence-corrected chi connectivity index (χ1v) is 8.25. The highest BCUT2D eigenvalue weighted by Crippen LogP contribution is 2.26. The first kappa shape index (κ1) is 15.9. The van der Waals surface area contributed by atoms with Gasteiger partial charge in [0, 0.05) is 19.1 Å². The third kappa shape index (κ3) is 3.06. The zero-order valence-electron chi connectivity index (χ0n) is 13.0. The summed E-state index contributed by atoms with van der Waals surface area (Å²) in [6.07, 6.45) is 8.47. The maximum Gasteiger partial charge on any atom is 0.409 e. The fraction of sp³-hybridized carbons (Fsp3) is 0.500. The van der Waals surface area contributed by atoms with Crippen LogP contribution in [-0.4, -0.2) is 58.4 Å². The molecular weight excluding hydrogens is 314 g/mol. The largest absolute Gasteiger partial charge is 0.450 e. The summed E-state index contributed by atoms with van der Waals surface area (Å²) in [5, 5.41) is 0.329. The Morgan fingerprint density at radius 2 is 2.13 bits per heavy atom. The smallest absolute Gasteiger partial charge is 0.409 e. The number of piperidine rings is 1. The van der Waals surface area contributed by atoms with E-state index in [0.29, 0.717) is 43.4 Å². The fourth-order valence-electron chi connectivity index (χ4n) is 3.11. The first-order chi connectivity index (χ1) is 11.1. The summed E-state index contributed by atoms with van der Waals surface area (Å²) in [7, 11) is 0. The minimum atomic E-state index is -0.338. The van der Waals surface area contributed by atoms with Crippen LogP contribution in [0.1, 0.15) is 19.8 Å². The third-order valence-electron chi connectivity index (χ3n) is 4.29. The highest BCUT2D eigenvalue weighted by Gasteiger charge is 2.39. The third-order valence-corrected chi connectivity index (χ3v) is 4.58. The van der Waals surface area contributed by atoms with Crippen LogP contribution in [0, 0.1) is 5.92 Å². The predicted octanol–water partition coefficient (Wildman–Crippen LogP) is 1.92. The molecule has 0 N–H and O–H groups in total. The van der Waals surface area contributed by atoms with Gasteiger partial charge in [-0.2, -0.15) is 0 Å². The van der Waals surface area contributed by atoms with Gasteiger partial charge >= 0.3 is 6.09 Å². The van der Waals surface area contributed by atoms with Gasteiger partial charge in [-0.1, -0.05) is 18.2 Å². The van der Waals surface area contributed by atoms with Gasteiger partial charge in [0.05, 0.1) is 18.2 Å². The van der Waals surface area contributed by atoms with Crippen molar-refractivity contribution in [1.82, 2.24) is 9.80 Å². The quantitative estimate of drug-likeness (QED) is 0.724. The summed E-state index contributed by atoms with van der Waals surface area (Å²) in [6, 6.07) is -0.00900. The molecule has 1 saturated heterocycles. The topological polar surface area (TPSA) is 62.2 Å². The monoisotopic (exact) mass is 333 g/mol. The zero-order chi connectivity index (χ0) is 16.4. The van der Waals surface area contributed by atoms with Crippen molar-refractivity contribution in [3.05, 3.63) is 24.3 Å². The van der Waals surface area contributed by atoms with Gasteiger partial charge in [-0.05, 0) is 38.1 Å². The highest BCUT2D eigenvalue weighted by atomic mass is 32.1. The van der Waals surface area contributed by atoms with Gasteiger partial charge in [-0.15, -0.1) is 0 Å². The van der Waals surface area contributed by atoms with Crippen LogP contribution in [0.2, 0.25) is 0 Å². The Kier molecular flexibility index (Phi) is 4.56. The number of carbonyl (C=O) groups excluding carboxylic acids is 2. The second kappa shape index (κ2) is 6.62. The van der Waals surface area contributed by atoms with Gasteiger partial charge in [-0.3, -0.25) is 9.69 Å². The van der Waals surface area contributed by atoms with E-state index in [1.54, 1.807) is 16.7 Å². The van der Waals surface area contributed by atoms with Crippen molar-refractivity contribution >= 4 is 35.0 Å². The van der Waals surface area contributed by atoms with Crippen LogP contribution in [-0.2, 0) is 9.53 Å². The van der Waals surface area contributed by atoms with Crippen LogP contribution < -0.4 is 0 Å². The summed E-state index contributed by atoms with van der Waals surface area (Å²) in [4.78, 5) is 32.2. The number of thiocarbonyl (C=S) groups is 1. The van der Waals surface area contributed by atoms with Gasteiger partial charge in [0.1, 0.15) is 0 Å². The molecule has 1 atom stereocenters. The van der Waals surface area contributed by atoms with Gasteiger partial charge < -0.3 is 9.64 Å². The number of amides is 2. The molecule has 1 unspecified atom stereocenters. The van der Waals surface area contributed by atoms with Crippen molar-refractivity contribution in [2.24, 2.45) is 10.9 Å². The fourth-order valence-corrected chi connectivity index (χ4v) is 3.46. The number of hydrogen-bond acceptors (Lipinski definition) is 4. The molecule has 122 valence electrons. The molecule has 3 aliphatic rings. The van der Waals surface area contributed by atoms with E-state index in [9.17, 15) is 9.59 Å². The number of nitrogens with zero attached hydrogens (tertiary/aromatic N) is 3. The lowest BCUT2D eigenvalue weighted by molar-refractivity contribution is -0.130.